The molecule has 27 heteroatoms. The maximum atomic E-state index is 14.5. The number of hydrogen-bond acceptors (Lipinski definition) is 17. The summed E-state index contributed by atoms with van der Waals surface area (Å²) in [6.45, 7) is 4.64. The maximum Gasteiger partial charge on any atom is 0.347 e. The van der Waals surface area contributed by atoms with Crippen LogP contribution in [0.2, 0.25) is 5.02 Å². The Morgan fingerprint density at radius 1 is 1.08 bits per heavy atom. The number of carboxylic acids is 2. The highest BCUT2D eigenvalue weighted by molar-refractivity contribution is 7.90. The first-order chi connectivity index (χ1) is 30.0. The molecule has 350 valence electrons. The van der Waals surface area contributed by atoms with E-state index in [4.69, 9.17) is 46.7 Å². The molecule has 22 nitrogen and oxygen atoms in total. The smallest absolute Gasteiger partial charge is 0.347 e. The number of methoxy groups -OCH3 is 1. The zero-order valence-corrected chi connectivity index (χ0v) is 38.1. The number of ether oxygens (including phenoxy) is 3. The first-order valence-electron chi connectivity index (χ1n) is 19.1. The van der Waals surface area contributed by atoms with Gasteiger partial charge in [-0.3, -0.25) is 24.3 Å². The van der Waals surface area contributed by atoms with E-state index in [1.54, 1.807) is 4.72 Å². The van der Waals surface area contributed by atoms with Crippen molar-refractivity contribution < 1.29 is 75.5 Å². The van der Waals surface area contributed by atoms with Crippen LogP contribution in [0, 0.1) is 12.7 Å². The molecule has 1 aliphatic heterocycles. The van der Waals surface area contributed by atoms with E-state index in [2.05, 4.69) is 20.3 Å². The van der Waals surface area contributed by atoms with Gasteiger partial charge in [0.1, 0.15) is 33.2 Å². The predicted molar refractivity (Wildman–Crippen MR) is 228 cm³/mol. The number of unbranched alkanes of at least 4 members (excludes halogenated alkanes) is 2. The van der Waals surface area contributed by atoms with E-state index < -0.39 is 81.4 Å². The van der Waals surface area contributed by atoms with Crippen LogP contribution in [0.4, 0.5) is 20.8 Å². The lowest BCUT2D eigenvalue weighted by molar-refractivity contribution is -0.146. The van der Waals surface area contributed by atoms with Crippen LogP contribution in [0.25, 0.3) is 0 Å². The van der Waals surface area contributed by atoms with Crippen LogP contribution in [0.1, 0.15) is 73.8 Å². The Morgan fingerprint density at radius 2 is 1.72 bits per heavy atom. The van der Waals surface area contributed by atoms with E-state index in [-0.39, 0.29) is 46.8 Å². The van der Waals surface area contributed by atoms with E-state index >= 15 is 0 Å². The van der Waals surface area contributed by atoms with Crippen LogP contribution in [0.3, 0.4) is 0 Å². The second-order valence-electron chi connectivity index (χ2n) is 13.7. The van der Waals surface area contributed by atoms with Gasteiger partial charge in [0.25, 0.3) is 21.8 Å². The number of aromatic nitrogens is 3. The summed E-state index contributed by atoms with van der Waals surface area (Å²) < 4.78 is 66.3. The number of halogens is 2. The summed E-state index contributed by atoms with van der Waals surface area (Å²) in [5.74, 6) is -4.94. The van der Waals surface area contributed by atoms with Gasteiger partial charge in [-0.05, 0) is 63.0 Å². The van der Waals surface area contributed by atoms with Crippen LogP contribution in [-0.4, -0.2) is 113 Å². The van der Waals surface area contributed by atoms with E-state index in [0.29, 0.717) is 30.6 Å². The number of nitrogens with one attached hydrogen (secondary N) is 2. The van der Waals surface area contributed by atoms with Crippen molar-refractivity contribution in [3.05, 3.63) is 56.3 Å². The molecule has 4 amide bonds. The van der Waals surface area contributed by atoms with Gasteiger partial charge in [-0.15, -0.1) is 11.3 Å². The zero-order chi connectivity index (χ0) is 47.9. The minimum Gasteiger partial charge on any atom is -0.480 e. The number of carbonyl (C=O) groups is 6. The van der Waals surface area contributed by atoms with Crippen molar-refractivity contribution in [1.29, 1.82) is 0 Å². The number of imide groups is 1. The third-order valence-corrected chi connectivity index (χ3v) is 12.4. The highest BCUT2D eigenvalue weighted by Gasteiger charge is 2.41. The third kappa shape index (κ3) is 15.6. The number of aryl methyl sites for hydroxylation is 1. The highest BCUT2D eigenvalue weighted by Crippen LogP contribution is 2.40. The molecule has 0 saturated heterocycles. The summed E-state index contributed by atoms with van der Waals surface area (Å²) in [7, 11) is -6.16. The fourth-order valence-corrected chi connectivity index (χ4v) is 8.68. The summed E-state index contributed by atoms with van der Waals surface area (Å²) in [5, 5.41) is 20.6. The number of aromatic carboxylic acids is 1. The second kappa shape index (κ2) is 23.9. The van der Waals surface area contributed by atoms with Crippen molar-refractivity contribution >= 4 is 87.7 Å². The summed E-state index contributed by atoms with van der Waals surface area (Å²) in [6.07, 6.45) is 5.40. The number of hydrogen-bond donors (Lipinski definition) is 6. The van der Waals surface area contributed by atoms with Gasteiger partial charge >= 0.3 is 29.9 Å². The molecule has 64 heavy (non-hydrogen) atoms. The van der Waals surface area contributed by atoms with Crippen LogP contribution in [0.5, 0.6) is 11.8 Å². The van der Waals surface area contributed by atoms with Gasteiger partial charge in [0.2, 0.25) is 5.95 Å². The average molecular weight is 978 g/mol. The minimum atomic E-state index is -4.37. The van der Waals surface area contributed by atoms with E-state index in [9.17, 15) is 46.1 Å². The summed E-state index contributed by atoms with van der Waals surface area (Å²) in [4.78, 5) is 90.1. The van der Waals surface area contributed by atoms with Crippen molar-refractivity contribution in [3.63, 3.8) is 0 Å². The Morgan fingerprint density at radius 3 is 2.28 bits per heavy atom. The summed E-state index contributed by atoms with van der Waals surface area (Å²) in [6, 6.07) is 0.972. The predicted octanol–water partition coefficient (Wildman–Crippen LogP) is 4.48. The molecule has 0 spiro atoms. The van der Waals surface area contributed by atoms with Gasteiger partial charge in [-0.1, -0.05) is 31.4 Å². The number of amides is 4. The molecule has 3 heterocycles. The molecule has 2 aromatic heterocycles. The van der Waals surface area contributed by atoms with Crippen molar-refractivity contribution in [2.24, 2.45) is 5.73 Å². The number of carboxylic acid groups (broad SMARTS) is 2. The first kappa shape index (κ1) is 52.8. The normalized spacial score (nSPS) is 14.7. The number of benzene rings is 1. The van der Waals surface area contributed by atoms with Gasteiger partial charge in [-0.25, -0.2) is 36.8 Å². The molecule has 2 aliphatic rings. The highest BCUT2D eigenvalue weighted by atomic mass is 35.5. The Hall–Kier alpha value is -5.59. The molecule has 0 bridgehead atoms. The zero-order valence-electron chi connectivity index (χ0n) is 34.8. The number of carbonyl (C=O) groups excluding carboxylic acids is 4. The number of nitrogens with two attached hydrogens (primary N) is 1. The monoisotopic (exact) mass is 977 g/mol. The standard InChI is InChI=1S/C21H23ClFNO5.C11H11N5O6S2.C5H12NO4P/c1-2-3-6-9-28-19(25)12-29-18-11-17(16(23)10-15(18)22)24-20(26)13-7-4-5-8-14(13)21(24)27;1-5-12-9(15-11(13-5)22-2)14-10(19)16-24(20,21)6-3-4-23-7(6)8(17)18;1-11(9,10)3-2-4(6)5(7)8/h10-11H,2-9,12H2,1H3;3-4H,1-2H3,(H,17,18)(H2,12,13,14,15,16,19);4H,2-3,6H2,1H3,(H,7,8)(H,9,10). The lowest BCUT2D eigenvalue weighted by Gasteiger charge is -2.18. The number of rotatable bonds is 17. The van der Waals surface area contributed by atoms with Gasteiger partial charge in [-0.2, -0.15) is 15.0 Å². The van der Waals surface area contributed by atoms with E-state index in [1.165, 1.54) is 32.1 Å². The molecule has 3 aromatic rings. The molecule has 5 rings (SSSR count). The maximum absolute atomic E-state index is 14.5. The minimum absolute atomic E-state index is 0.000883. The van der Waals surface area contributed by atoms with Crippen LogP contribution in [-0.2, 0) is 38.5 Å². The molecule has 1 aliphatic carbocycles. The van der Waals surface area contributed by atoms with Crippen molar-refractivity contribution in [2.45, 2.75) is 76.2 Å². The number of nitrogens with zero attached hydrogens (tertiary/aromatic N) is 4. The Bertz CT molecular complexity index is 2400. The molecule has 0 fully saturated rings. The van der Waals surface area contributed by atoms with Crippen LogP contribution < -0.4 is 30.1 Å². The largest absolute Gasteiger partial charge is 0.480 e. The molecule has 2 atom stereocenters. The average Bonchev–Trinajstić information content (AvgIpc) is 3.82. The fraction of sp³-hybridized carbons (Fsp3) is 0.432. The van der Waals surface area contributed by atoms with Crippen molar-refractivity contribution in [1.82, 2.24) is 19.7 Å². The molecule has 0 saturated carbocycles. The van der Waals surface area contributed by atoms with Gasteiger partial charge in [0.05, 0.1) is 24.4 Å². The van der Waals surface area contributed by atoms with E-state index in [1.807, 2.05) is 6.92 Å². The number of sulfonamides is 1. The Balaban J connectivity index is 0.000000280. The lowest BCUT2D eigenvalue weighted by atomic mass is 9.93. The van der Waals surface area contributed by atoms with E-state index in [0.717, 1.165) is 60.5 Å². The van der Waals surface area contributed by atoms with Crippen LogP contribution in [0.15, 0.2) is 39.6 Å². The lowest BCUT2D eigenvalue weighted by Crippen LogP contribution is -2.35. The molecular weight excluding hydrogens is 932 g/mol. The summed E-state index contributed by atoms with van der Waals surface area (Å²) >= 11 is 6.74. The Kier molecular flexibility index (Phi) is 19.7. The number of thiophene rings is 1. The second-order valence-corrected chi connectivity index (χ2v) is 19.3. The number of urea groups is 1. The van der Waals surface area contributed by atoms with Crippen LogP contribution >= 0.6 is 30.3 Å². The molecule has 0 radical (unpaired) electrons. The molecule has 1 aromatic carbocycles. The molecule has 7 N–H and O–H groups in total. The third-order valence-electron chi connectivity index (χ3n) is 8.64. The SMILES string of the molecule is CCCCCOC(=O)COc1cc(N2C(=O)C3=C(CCCC3)C2=O)c(F)cc1Cl.COc1nc(C)nc(NC(=O)NS(=O)(=O)c2ccsc2C(=O)O)n1.CP(=O)(O)CCC(N)C(=O)O. The van der Waals surface area contributed by atoms with Crippen molar-refractivity contribution in [3.8, 4) is 11.8 Å². The van der Waals surface area contributed by atoms with Gasteiger partial charge in [0.15, 0.2) is 14.0 Å². The molecular formula is C37H46ClFN7O15PS2. The molecule has 2 unspecified atom stereocenters. The van der Waals surface area contributed by atoms with Gasteiger partial charge in [0, 0.05) is 30.0 Å². The quantitative estimate of drug-likeness (QED) is 0.0470. The topological polar surface area (TPSA) is 334 Å². The number of esters is 1. The number of anilines is 2. The fourth-order valence-electron chi connectivity index (χ4n) is 5.55. The number of aliphatic carboxylic acids is 1. The Labute approximate surface area is 374 Å². The first-order valence-corrected chi connectivity index (χ1v) is 24.1. The summed E-state index contributed by atoms with van der Waals surface area (Å²) in [5.41, 5.74) is 5.77. The van der Waals surface area contributed by atoms with Gasteiger partial charge < -0.3 is 35.1 Å². The van der Waals surface area contributed by atoms with Crippen molar-refractivity contribution in [2.75, 3.05) is 43.4 Å².